The predicted octanol–water partition coefficient (Wildman–Crippen LogP) is 3.41. The molecule has 1 aromatic carbocycles. The van der Waals surface area contributed by atoms with E-state index in [-0.39, 0.29) is 5.82 Å². The van der Waals surface area contributed by atoms with Gasteiger partial charge in [0.15, 0.2) is 0 Å². The molecule has 108 valence electrons. The van der Waals surface area contributed by atoms with Gasteiger partial charge >= 0.3 is 0 Å². The van der Waals surface area contributed by atoms with Crippen molar-refractivity contribution in [3.05, 3.63) is 35.1 Å². The summed E-state index contributed by atoms with van der Waals surface area (Å²) in [6.07, 6.45) is 0. The molecule has 0 unspecified atom stereocenters. The summed E-state index contributed by atoms with van der Waals surface area (Å²) in [6.45, 7) is 11.0. The van der Waals surface area contributed by atoms with E-state index in [2.05, 4.69) is 37.9 Å². The van der Waals surface area contributed by atoms with E-state index < -0.39 is 0 Å². The standard InChI is InChI=1S/C16H27FN2/c1-12(2)9-18-10-14-6-7-16(17)15(8-14)11-19(5)13(3)4/h6-8,12-13,18H,9-11H2,1-5H3. The molecule has 0 aliphatic heterocycles. The molecule has 1 N–H and O–H groups in total. The van der Waals surface area contributed by atoms with Crippen LogP contribution >= 0.6 is 0 Å². The van der Waals surface area contributed by atoms with Gasteiger partial charge < -0.3 is 5.32 Å². The lowest BCUT2D eigenvalue weighted by atomic mass is 10.1. The first-order valence-corrected chi connectivity index (χ1v) is 7.08. The lowest BCUT2D eigenvalue weighted by Gasteiger charge is -2.21. The zero-order valence-electron chi connectivity index (χ0n) is 12.8. The Kier molecular flexibility index (Phi) is 6.46. The number of hydrogen-bond donors (Lipinski definition) is 1. The summed E-state index contributed by atoms with van der Waals surface area (Å²) >= 11 is 0. The number of rotatable bonds is 7. The lowest BCUT2D eigenvalue weighted by Crippen LogP contribution is -2.26. The smallest absolute Gasteiger partial charge is 0.127 e. The minimum atomic E-state index is -0.111. The average molecular weight is 266 g/mol. The highest BCUT2D eigenvalue weighted by molar-refractivity contribution is 5.25. The van der Waals surface area contributed by atoms with E-state index in [4.69, 9.17) is 0 Å². The summed E-state index contributed by atoms with van der Waals surface area (Å²) in [5.74, 6) is 0.520. The summed E-state index contributed by atoms with van der Waals surface area (Å²) in [5, 5.41) is 3.39. The number of benzene rings is 1. The first-order valence-electron chi connectivity index (χ1n) is 7.08. The molecule has 0 aliphatic rings. The third-order valence-corrected chi connectivity index (χ3v) is 3.29. The Morgan fingerprint density at radius 3 is 2.47 bits per heavy atom. The highest BCUT2D eigenvalue weighted by Crippen LogP contribution is 2.14. The topological polar surface area (TPSA) is 15.3 Å². The molecule has 0 radical (unpaired) electrons. The Hall–Kier alpha value is -0.930. The Morgan fingerprint density at radius 2 is 1.89 bits per heavy atom. The number of nitrogens with zero attached hydrogens (tertiary/aromatic N) is 1. The van der Waals surface area contributed by atoms with Crippen LogP contribution < -0.4 is 5.32 Å². The van der Waals surface area contributed by atoms with E-state index in [0.717, 1.165) is 24.2 Å². The minimum absolute atomic E-state index is 0.111. The van der Waals surface area contributed by atoms with Gasteiger partial charge in [0.2, 0.25) is 0 Å². The van der Waals surface area contributed by atoms with Crippen LogP contribution in [0, 0.1) is 11.7 Å². The molecule has 0 aromatic heterocycles. The van der Waals surface area contributed by atoms with E-state index in [1.54, 1.807) is 6.07 Å². The fourth-order valence-electron chi connectivity index (χ4n) is 1.82. The monoisotopic (exact) mass is 266 g/mol. The minimum Gasteiger partial charge on any atom is -0.312 e. The average Bonchev–Trinajstić information content (AvgIpc) is 2.32. The second-order valence-corrected chi connectivity index (χ2v) is 5.96. The summed E-state index contributed by atoms with van der Waals surface area (Å²) < 4.78 is 13.8. The van der Waals surface area contributed by atoms with Crippen LogP contribution in [-0.2, 0) is 13.1 Å². The van der Waals surface area contributed by atoms with E-state index >= 15 is 0 Å². The van der Waals surface area contributed by atoms with Crippen LogP contribution in [0.5, 0.6) is 0 Å². The highest BCUT2D eigenvalue weighted by atomic mass is 19.1. The van der Waals surface area contributed by atoms with E-state index in [1.807, 2.05) is 19.2 Å². The molecule has 0 fully saturated rings. The molecule has 1 aromatic rings. The lowest BCUT2D eigenvalue weighted by molar-refractivity contribution is 0.262. The SMILES string of the molecule is CC(C)CNCc1ccc(F)c(CN(C)C(C)C)c1. The van der Waals surface area contributed by atoms with Crippen molar-refractivity contribution < 1.29 is 4.39 Å². The van der Waals surface area contributed by atoms with Crippen LogP contribution in [0.1, 0.15) is 38.8 Å². The normalized spacial score (nSPS) is 11.8. The van der Waals surface area contributed by atoms with Crippen LogP contribution in [0.25, 0.3) is 0 Å². The molecule has 0 spiro atoms. The van der Waals surface area contributed by atoms with Gasteiger partial charge in [0.25, 0.3) is 0 Å². The second-order valence-electron chi connectivity index (χ2n) is 5.96. The Bertz CT molecular complexity index is 388. The van der Waals surface area contributed by atoms with Crippen molar-refractivity contribution >= 4 is 0 Å². The molecule has 0 bridgehead atoms. The number of hydrogen-bond acceptors (Lipinski definition) is 2. The molecule has 0 heterocycles. The van der Waals surface area contributed by atoms with E-state index in [0.29, 0.717) is 18.5 Å². The molecule has 1 rings (SSSR count). The maximum atomic E-state index is 13.8. The zero-order valence-corrected chi connectivity index (χ0v) is 12.8. The van der Waals surface area contributed by atoms with Crippen molar-refractivity contribution in [3.63, 3.8) is 0 Å². The van der Waals surface area contributed by atoms with Gasteiger partial charge in [-0.25, -0.2) is 4.39 Å². The van der Waals surface area contributed by atoms with Crippen molar-refractivity contribution in [2.24, 2.45) is 5.92 Å². The third kappa shape index (κ3) is 5.70. The van der Waals surface area contributed by atoms with Crippen molar-refractivity contribution in [1.82, 2.24) is 10.2 Å². The maximum Gasteiger partial charge on any atom is 0.127 e. The van der Waals surface area contributed by atoms with Crippen molar-refractivity contribution in [3.8, 4) is 0 Å². The zero-order chi connectivity index (χ0) is 14.4. The molecule has 2 nitrogen and oxygen atoms in total. The summed E-state index contributed by atoms with van der Waals surface area (Å²) in [5.41, 5.74) is 1.93. The van der Waals surface area contributed by atoms with Gasteiger partial charge in [0, 0.05) is 24.7 Å². The fraction of sp³-hybridized carbons (Fsp3) is 0.625. The van der Waals surface area contributed by atoms with Gasteiger partial charge in [0.05, 0.1) is 0 Å². The molecule has 0 atom stereocenters. The van der Waals surface area contributed by atoms with Gasteiger partial charge in [-0.2, -0.15) is 0 Å². The third-order valence-electron chi connectivity index (χ3n) is 3.29. The predicted molar refractivity (Wildman–Crippen MR) is 79.5 cm³/mol. The maximum absolute atomic E-state index is 13.8. The van der Waals surface area contributed by atoms with E-state index in [1.165, 1.54) is 0 Å². The molecule has 3 heteroatoms. The van der Waals surface area contributed by atoms with Crippen molar-refractivity contribution in [1.29, 1.82) is 0 Å². The van der Waals surface area contributed by atoms with Crippen LogP contribution in [0.3, 0.4) is 0 Å². The van der Waals surface area contributed by atoms with Crippen LogP contribution in [0.4, 0.5) is 4.39 Å². The molecule has 0 saturated heterocycles. The first kappa shape index (κ1) is 16.1. The Balaban J connectivity index is 2.66. The summed E-state index contributed by atoms with van der Waals surface area (Å²) in [7, 11) is 2.02. The van der Waals surface area contributed by atoms with Crippen LogP contribution in [0.15, 0.2) is 18.2 Å². The van der Waals surface area contributed by atoms with Crippen LogP contribution in [0.2, 0.25) is 0 Å². The molecular weight excluding hydrogens is 239 g/mol. The second kappa shape index (κ2) is 7.61. The summed E-state index contributed by atoms with van der Waals surface area (Å²) in [6, 6.07) is 5.83. The van der Waals surface area contributed by atoms with Crippen molar-refractivity contribution in [2.45, 2.75) is 46.8 Å². The molecule has 19 heavy (non-hydrogen) atoms. The first-order chi connectivity index (χ1) is 8.90. The highest BCUT2D eigenvalue weighted by Gasteiger charge is 2.09. The molecule has 0 saturated carbocycles. The van der Waals surface area contributed by atoms with Crippen LogP contribution in [-0.4, -0.2) is 24.5 Å². The number of halogens is 1. The van der Waals surface area contributed by atoms with Gasteiger partial charge in [-0.15, -0.1) is 0 Å². The quantitative estimate of drug-likeness (QED) is 0.813. The Morgan fingerprint density at radius 1 is 1.21 bits per heavy atom. The van der Waals surface area contributed by atoms with Gasteiger partial charge in [-0.3, -0.25) is 4.90 Å². The largest absolute Gasteiger partial charge is 0.312 e. The van der Waals surface area contributed by atoms with Gasteiger partial charge in [-0.05, 0) is 45.0 Å². The van der Waals surface area contributed by atoms with Gasteiger partial charge in [0.1, 0.15) is 5.82 Å². The van der Waals surface area contributed by atoms with E-state index in [9.17, 15) is 4.39 Å². The fourth-order valence-corrected chi connectivity index (χ4v) is 1.82. The van der Waals surface area contributed by atoms with Crippen molar-refractivity contribution in [2.75, 3.05) is 13.6 Å². The Labute approximate surface area is 117 Å². The molecule has 0 amide bonds. The molecular formula is C16H27FN2. The summed E-state index contributed by atoms with van der Waals surface area (Å²) in [4.78, 5) is 2.14. The van der Waals surface area contributed by atoms with Gasteiger partial charge in [-0.1, -0.05) is 26.0 Å². The molecule has 0 aliphatic carbocycles. The number of nitrogens with one attached hydrogen (secondary N) is 1.